The van der Waals surface area contributed by atoms with E-state index in [0.717, 1.165) is 10.1 Å². The first-order valence-electron chi connectivity index (χ1n) is 5.06. The van der Waals surface area contributed by atoms with Gasteiger partial charge in [-0.3, -0.25) is 18.7 Å². The number of hydrogen-bond donors (Lipinski definition) is 3. The third-order valence-electron chi connectivity index (χ3n) is 2.46. The van der Waals surface area contributed by atoms with E-state index in [4.69, 9.17) is 9.79 Å². The van der Waals surface area contributed by atoms with Crippen LogP contribution in [-0.2, 0) is 10.9 Å². The van der Waals surface area contributed by atoms with Gasteiger partial charge in [0.1, 0.15) is 6.29 Å². The molecule has 0 aliphatic rings. The lowest BCUT2D eigenvalue weighted by Crippen LogP contribution is -2.36. The second-order valence-corrected chi connectivity index (χ2v) is 5.63. The summed E-state index contributed by atoms with van der Waals surface area (Å²) in [5.74, 6) is 0. The number of benzene rings is 1. The molecule has 0 saturated carbocycles. The molecule has 18 heavy (non-hydrogen) atoms. The van der Waals surface area contributed by atoms with Crippen LogP contribution < -0.4 is 11.1 Å². The van der Waals surface area contributed by atoms with Gasteiger partial charge < -0.3 is 14.8 Å². The summed E-state index contributed by atoms with van der Waals surface area (Å²) < 4.78 is 11.8. The molecule has 0 amide bonds. The first kappa shape index (κ1) is 12.8. The molecule has 0 saturated heterocycles. The molecule has 0 unspecified atom stereocenters. The summed E-state index contributed by atoms with van der Waals surface area (Å²) in [4.78, 5) is 43.3. The van der Waals surface area contributed by atoms with Crippen molar-refractivity contribution in [2.75, 3.05) is 0 Å². The van der Waals surface area contributed by atoms with E-state index < -0.39 is 25.0 Å². The lowest BCUT2D eigenvalue weighted by atomic mass is 10.2. The third kappa shape index (κ3) is 2.43. The highest BCUT2D eigenvalue weighted by atomic mass is 31.2. The van der Waals surface area contributed by atoms with Crippen molar-refractivity contribution in [3.63, 3.8) is 0 Å². The molecular formula is C10H11N2O5P. The Morgan fingerprint density at radius 3 is 2.61 bits per heavy atom. The SMILES string of the molecule is Cc1ccc2c(c1)[nH]c(=O)c(=O)n2CP(=O)(O)O. The number of aromatic nitrogens is 2. The predicted molar refractivity (Wildman–Crippen MR) is 65.6 cm³/mol. The van der Waals surface area contributed by atoms with Crippen LogP contribution in [0.4, 0.5) is 0 Å². The average molecular weight is 270 g/mol. The molecule has 1 aromatic carbocycles. The second kappa shape index (κ2) is 4.20. The number of H-pyrrole nitrogens is 1. The monoisotopic (exact) mass is 270 g/mol. The fourth-order valence-electron chi connectivity index (χ4n) is 1.72. The molecule has 3 N–H and O–H groups in total. The highest BCUT2D eigenvalue weighted by Crippen LogP contribution is 2.36. The largest absolute Gasteiger partial charge is 0.345 e. The van der Waals surface area contributed by atoms with Crippen molar-refractivity contribution < 1.29 is 14.4 Å². The number of nitrogens with zero attached hydrogens (tertiary/aromatic N) is 1. The van der Waals surface area contributed by atoms with Gasteiger partial charge in [0.25, 0.3) is 0 Å². The van der Waals surface area contributed by atoms with Crippen LogP contribution in [0.3, 0.4) is 0 Å². The summed E-state index contributed by atoms with van der Waals surface area (Å²) in [6.45, 7) is 1.80. The number of aryl methyl sites for hydroxylation is 1. The fourth-order valence-corrected chi connectivity index (χ4v) is 2.37. The Bertz CT molecular complexity index is 770. The smallest absolute Gasteiger partial charge is 0.323 e. The molecule has 0 spiro atoms. The van der Waals surface area contributed by atoms with E-state index in [1.54, 1.807) is 19.1 Å². The summed E-state index contributed by atoms with van der Waals surface area (Å²) in [6, 6.07) is 4.86. The van der Waals surface area contributed by atoms with E-state index in [-0.39, 0.29) is 5.52 Å². The number of nitrogens with one attached hydrogen (secondary N) is 1. The molecule has 2 aromatic rings. The second-order valence-electron chi connectivity index (χ2n) is 4.01. The molecule has 0 fully saturated rings. The molecule has 96 valence electrons. The van der Waals surface area contributed by atoms with Crippen LogP contribution in [0.1, 0.15) is 5.56 Å². The van der Waals surface area contributed by atoms with Gasteiger partial charge >= 0.3 is 18.7 Å². The highest BCUT2D eigenvalue weighted by Gasteiger charge is 2.18. The molecule has 0 atom stereocenters. The molecule has 0 bridgehead atoms. The summed E-state index contributed by atoms with van der Waals surface area (Å²) in [7, 11) is -4.44. The average Bonchev–Trinajstić information content (AvgIpc) is 2.23. The zero-order chi connectivity index (χ0) is 13.5. The van der Waals surface area contributed by atoms with E-state index in [1.807, 2.05) is 0 Å². The summed E-state index contributed by atoms with van der Waals surface area (Å²) in [5, 5.41) is 0. The molecule has 0 aliphatic carbocycles. The lowest BCUT2D eigenvalue weighted by molar-refractivity contribution is 0.362. The van der Waals surface area contributed by atoms with E-state index in [9.17, 15) is 14.2 Å². The highest BCUT2D eigenvalue weighted by molar-refractivity contribution is 7.50. The van der Waals surface area contributed by atoms with Gasteiger partial charge in [-0.15, -0.1) is 0 Å². The Balaban J connectivity index is 2.85. The Morgan fingerprint density at radius 2 is 2.00 bits per heavy atom. The zero-order valence-corrected chi connectivity index (χ0v) is 10.3. The van der Waals surface area contributed by atoms with E-state index in [1.165, 1.54) is 6.07 Å². The van der Waals surface area contributed by atoms with Crippen molar-refractivity contribution in [1.82, 2.24) is 9.55 Å². The molecular weight excluding hydrogens is 259 g/mol. The van der Waals surface area contributed by atoms with Crippen molar-refractivity contribution in [2.45, 2.75) is 13.2 Å². The molecule has 0 aliphatic heterocycles. The van der Waals surface area contributed by atoms with E-state index >= 15 is 0 Å². The first-order valence-corrected chi connectivity index (χ1v) is 6.86. The maximum atomic E-state index is 11.6. The molecule has 1 aromatic heterocycles. The van der Waals surface area contributed by atoms with Gasteiger partial charge in [-0.1, -0.05) is 6.07 Å². The van der Waals surface area contributed by atoms with Crippen LogP contribution in [-0.4, -0.2) is 19.3 Å². The third-order valence-corrected chi connectivity index (χ3v) is 3.11. The zero-order valence-electron chi connectivity index (χ0n) is 9.45. The minimum Gasteiger partial charge on any atom is -0.323 e. The van der Waals surface area contributed by atoms with E-state index in [0.29, 0.717) is 5.52 Å². The van der Waals surface area contributed by atoms with Gasteiger partial charge in [-0.2, -0.15) is 0 Å². The topological polar surface area (TPSA) is 112 Å². The Labute approximate surface area is 101 Å². The maximum absolute atomic E-state index is 11.6. The molecule has 8 heteroatoms. The van der Waals surface area contributed by atoms with Gasteiger partial charge in [0.05, 0.1) is 11.0 Å². The lowest BCUT2D eigenvalue weighted by Gasteiger charge is -2.10. The standard InChI is InChI=1S/C10H11N2O5P/c1-6-2-3-8-7(4-6)11-9(13)10(14)12(8)5-18(15,16)17/h2-4H,5H2,1H3,(H,11,13)(H2,15,16,17). The molecule has 0 radical (unpaired) electrons. The van der Waals surface area contributed by atoms with Crippen LogP contribution >= 0.6 is 7.60 Å². The van der Waals surface area contributed by atoms with Crippen LogP contribution in [0.25, 0.3) is 11.0 Å². The quantitative estimate of drug-likeness (QED) is 0.530. The van der Waals surface area contributed by atoms with Crippen molar-refractivity contribution in [1.29, 1.82) is 0 Å². The Kier molecular flexibility index (Phi) is 2.98. The van der Waals surface area contributed by atoms with Gasteiger partial charge in [0.2, 0.25) is 0 Å². The van der Waals surface area contributed by atoms with Crippen molar-refractivity contribution >= 4 is 18.6 Å². The van der Waals surface area contributed by atoms with Gasteiger partial charge in [-0.25, -0.2) is 0 Å². The summed E-state index contributed by atoms with van der Waals surface area (Å²) in [5.41, 5.74) is -0.364. The number of aromatic amines is 1. The number of rotatable bonds is 2. The van der Waals surface area contributed by atoms with Crippen molar-refractivity contribution in [3.8, 4) is 0 Å². The molecule has 7 nitrogen and oxygen atoms in total. The van der Waals surface area contributed by atoms with Gasteiger partial charge in [0.15, 0.2) is 0 Å². The first-order chi connectivity index (χ1) is 8.28. The molecule has 2 rings (SSSR count). The van der Waals surface area contributed by atoms with E-state index in [2.05, 4.69) is 4.98 Å². The van der Waals surface area contributed by atoms with Crippen LogP contribution in [0.2, 0.25) is 0 Å². The van der Waals surface area contributed by atoms with Crippen molar-refractivity contribution in [3.05, 3.63) is 44.5 Å². The minimum atomic E-state index is -4.44. The minimum absolute atomic E-state index is 0.286. The van der Waals surface area contributed by atoms with Crippen LogP contribution in [0, 0.1) is 6.92 Å². The Hall–Kier alpha value is -1.69. The van der Waals surface area contributed by atoms with Gasteiger partial charge in [-0.05, 0) is 24.6 Å². The Morgan fingerprint density at radius 1 is 1.33 bits per heavy atom. The number of fused-ring (bicyclic) bond motifs is 1. The fraction of sp³-hybridized carbons (Fsp3) is 0.200. The summed E-state index contributed by atoms with van der Waals surface area (Å²) >= 11 is 0. The van der Waals surface area contributed by atoms with Crippen LogP contribution in [0.5, 0.6) is 0 Å². The summed E-state index contributed by atoms with van der Waals surface area (Å²) in [6.07, 6.45) is -0.810. The number of hydrogen-bond acceptors (Lipinski definition) is 3. The molecule has 1 heterocycles. The normalized spacial score (nSPS) is 11.9. The predicted octanol–water partition coefficient (Wildman–Crippen LogP) is 0.133. The maximum Gasteiger partial charge on any atom is 0.345 e. The van der Waals surface area contributed by atoms with Gasteiger partial charge in [0, 0.05) is 0 Å². The van der Waals surface area contributed by atoms with Crippen LogP contribution in [0.15, 0.2) is 27.8 Å². The van der Waals surface area contributed by atoms with Crippen molar-refractivity contribution in [2.24, 2.45) is 0 Å².